The summed E-state index contributed by atoms with van der Waals surface area (Å²) in [6.07, 6.45) is 6.20. The third-order valence-corrected chi connectivity index (χ3v) is 6.61. The third-order valence-electron chi connectivity index (χ3n) is 6.61. The zero-order valence-corrected chi connectivity index (χ0v) is 18.6. The Morgan fingerprint density at radius 3 is 2.53 bits per heavy atom. The topological polar surface area (TPSA) is 58.6 Å². The van der Waals surface area contributed by atoms with Gasteiger partial charge in [0.05, 0.1) is 0 Å². The van der Waals surface area contributed by atoms with Crippen LogP contribution in [0.4, 0.5) is 0 Å². The molecule has 2 amide bonds. The summed E-state index contributed by atoms with van der Waals surface area (Å²) >= 11 is 0. The van der Waals surface area contributed by atoms with Crippen molar-refractivity contribution in [3.8, 4) is 5.75 Å². The van der Waals surface area contributed by atoms with E-state index in [1.807, 2.05) is 35.2 Å². The molecule has 30 heavy (non-hydrogen) atoms. The molecule has 1 aliphatic heterocycles. The van der Waals surface area contributed by atoms with Crippen molar-refractivity contribution in [1.82, 2.24) is 10.2 Å². The van der Waals surface area contributed by atoms with Gasteiger partial charge in [-0.3, -0.25) is 9.59 Å². The summed E-state index contributed by atoms with van der Waals surface area (Å²) in [4.78, 5) is 26.9. The van der Waals surface area contributed by atoms with Crippen molar-refractivity contribution in [3.05, 3.63) is 42.0 Å². The maximum atomic E-state index is 12.6. The van der Waals surface area contributed by atoms with Crippen molar-refractivity contribution >= 4 is 11.8 Å². The van der Waals surface area contributed by atoms with E-state index in [2.05, 4.69) is 32.2 Å². The van der Waals surface area contributed by atoms with Gasteiger partial charge in [-0.2, -0.15) is 0 Å². The summed E-state index contributed by atoms with van der Waals surface area (Å²) in [5.74, 6) is 2.48. The maximum Gasteiger partial charge on any atom is 0.257 e. The molecule has 1 heterocycles. The van der Waals surface area contributed by atoms with Crippen LogP contribution in [0.15, 0.2) is 42.0 Å². The Hall–Kier alpha value is -2.30. The molecule has 1 fully saturated rings. The summed E-state index contributed by atoms with van der Waals surface area (Å²) in [5.41, 5.74) is 1.29. The molecular weight excluding hydrogens is 376 g/mol. The van der Waals surface area contributed by atoms with Gasteiger partial charge in [-0.15, -0.1) is 0 Å². The quantitative estimate of drug-likeness (QED) is 0.656. The molecule has 1 saturated heterocycles. The van der Waals surface area contributed by atoms with E-state index in [0.29, 0.717) is 48.3 Å². The third kappa shape index (κ3) is 6.10. The average Bonchev–Trinajstić information content (AvgIpc) is 3.28. The van der Waals surface area contributed by atoms with Crippen LogP contribution >= 0.6 is 0 Å². The highest BCUT2D eigenvalue weighted by molar-refractivity contribution is 5.78. The number of nitrogens with zero attached hydrogens (tertiary/aromatic N) is 1. The molecule has 2 aliphatic rings. The van der Waals surface area contributed by atoms with Crippen LogP contribution in [0.2, 0.25) is 0 Å². The standard InChI is InChI=1S/C25H36N2O3/c1-18(2)23-14-20(15-25(29)27-11-7-8-12-27)19(3)13-21(23)16-26-24(28)17-30-22-9-5-4-6-10-22/h4-6,9-10,13,18,20-21,23H,7-8,11-12,14-17H2,1-3H3,(H,26,28)/t20-,21-,23-/m0/s1. The van der Waals surface area contributed by atoms with Gasteiger partial charge in [0.2, 0.25) is 5.91 Å². The number of hydrogen-bond donors (Lipinski definition) is 1. The lowest BCUT2D eigenvalue weighted by molar-refractivity contribution is -0.131. The van der Waals surface area contributed by atoms with Crippen molar-refractivity contribution in [2.24, 2.45) is 23.7 Å². The van der Waals surface area contributed by atoms with Gasteiger partial charge in [-0.1, -0.05) is 43.7 Å². The molecule has 1 aromatic rings. The van der Waals surface area contributed by atoms with Crippen LogP contribution in [0, 0.1) is 23.7 Å². The molecule has 1 aliphatic carbocycles. The highest BCUT2D eigenvalue weighted by atomic mass is 16.5. The first-order valence-corrected chi connectivity index (χ1v) is 11.3. The number of rotatable bonds is 8. The van der Waals surface area contributed by atoms with Crippen LogP contribution in [0.3, 0.4) is 0 Å². The Bertz CT molecular complexity index is 738. The Balaban J connectivity index is 1.53. The molecule has 0 spiro atoms. The lowest BCUT2D eigenvalue weighted by Gasteiger charge is -2.37. The van der Waals surface area contributed by atoms with E-state index < -0.39 is 0 Å². The average molecular weight is 413 g/mol. The van der Waals surface area contributed by atoms with Crippen LogP contribution in [-0.2, 0) is 9.59 Å². The second-order valence-electron chi connectivity index (χ2n) is 9.11. The van der Waals surface area contributed by atoms with E-state index in [1.165, 1.54) is 5.57 Å². The van der Waals surface area contributed by atoms with Crippen LogP contribution in [0.1, 0.15) is 46.5 Å². The van der Waals surface area contributed by atoms with Crippen molar-refractivity contribution in [3.63, 3.8) is 0 Å². The predicted molar refractivity (Wildman–Crippen MR) is 119 cm³/mol. The SMILES string of the molecule is CC1=C[C@@H](CNC(=O)COc2ccccc2)[C@H](C(C)C)C[C@H]1CC(=O)N1CCCC1. The first-order valence-electron chi connectivity index (χ1n) is 11.3. The zero-order valence-electron chi connectivity index (χ0n) is 18.6. The summed E-state index contributed by atoms with van der Waals surface area (Å²) in [6.45, 7) is 9.11. The normalized spacial score (nSPS) is 23.9. The van der Waals surface area contributed by atoms with Crippen molar-refractivity contribution < 1.29 is 14.3 Å². The number of carbonyl (C=O) groups is 2. The van der Waals surface area contributed by atoms with E-state index in [9.17, 15) is 9.59 Å². The first-order chi connectivity index (χ1) is 14.4. The largest absolute Gasteiger partial charge is 0.484 e. The highest BCUT2D eigenvalue weighted by Gasteiger charge is 2.33. The number of likely N-dealkylation sites (tertiary alicyclic amines) is 1. The van der Waals surface area contributed by atoms with Gasteiger partial charge in [0.1, 0.15) is 5.75 Å². The van der Waals surface area contributed by atoms with Gasteiger partial charge in [-0.05, 0) is 62.0 Å². The molecule has 5 nitrogen and oxygen atoms in total. The summed E-state index contributed by atoms with van der Waals surface area (Å²) in [6, 6.07) is 9.39. The van der Waals surface area contributed by atoms with Gasteiger partial charge >= 0.3 is 0 Å². The predicted octanol–water partition coefficient (Wildman–Crippen LogP) is 4.05. The lowest BCUT2D eigenvalue weighted by Crippen LogP contribution is -2.39. The minimum atomic E-state index is -0.0984. The fourth-order valence-electron chi connectivity index (χ4n) is 4.76. The number of ether oxygens (including phenoxy) is 1. The molecule has 1 aromatic carbocycles. The molecule has 0 saturated carbocycles. The number of carbonyl (C=O) groups excluding carboxylic acids is 2. The van der Waals surface area contributed by atoms with E-state index >= 15 is 0 Å². The second-order valence-corrected chi connectivity index (χ2v) is 9.11. The van der Waals surface area contributed by atoms with Gasteiger partial charge < -0.3 is 15.0 Å². The fourth-order valence-corrected chi connectivity index (χ4v) is 4.76. The van der Waals surface area contributed by atoms with Gasteiger partial charge in [0.25, 0.3) is 5.91 Å². The Kier molecular flexibility index (Phi) is 7.94. The minimum Gasteiger partial charge on any atom is -0.484 e. The number of allylic oxidation sites excluding steroid dienone is 1. The molecule has 0 unspecified atom stereocenters. The van der Waals surface area contributed by atoms with Crippen LogP contribution in [0.5, 0.6) is 5.75 Å². The molecule has 0 radical (unpaired) electrons. The molecule has 5 heteroatoms. The summed E-state index contributed by atoms with van der Waals surface area (Å²) < 4.78 is 5.54. The van der Waals surface area contributed by atoms with E-state index in [-0.39, 0.29) is 12.5 Å². The van der Waals surface area contributed by atoms with Gasteiger partial charge in [0, 0.05) is 26.1 Å². The monoisotopic (exact) mass is 412 g/mol. The Morgan fingerprint density at radius 2 is 1.87 bits per heavy atom. The smallest absolute Gasteiger partial charge is 0.257 e. The molecule has 164 valence electrons. The molecule has 3 rings (SSSR count). The van der Waals surface area contributed by atoms with E-state index in [0.717, 1.165) is 32.4 Å². The van der Waals surface area contributed by atoms with E-state index in [1.54, 1.807) is 0 Å². The number of hydrogen-bond acceptors (Lipinski definition) is 3. The molecule has 0 bridgehead atoms. The van der Waals surface area contributed by atoms with Crippen molar-refractivity contribution in [1.29, 1.82) is 0 Å². The van der Waals surface area contributed by atoms with Gasteiger partial charge in [0.15, 0.2) is 6.61 Å². The maximum absolute atomic E-state index is 12.6. The zero-order chi connectivity index (χ0) is 21.5. The van der Waals surface area contributed by atoms with Crippen LogP contribution in [0.25, 0.3) is 0 Å². The Morgan fingerprint density at radius 1 is 1.17 bits per heavy atom. The van der Waals surface area contributed by atoms with Crippen LogP contribution in [-0.4, -0.2) is 43.0 Å². The lowest BCUT2D eigenvalue weighted by atomic mass is 9.69. The minimum absolute atomic E-state index is 0.0265. The van der Waals surface area contributed by atoms with Gasteiger partial charge in [-0.25, -0.2) is 0 Å². The number of para-hydroxylation sites is 1. The molecule has 0 aromatic heterocycles. The molecular formula is C25H36N2O3. The van der Waals surface area contributed by atoms with E-state index in [4.69, 9.17) is 4.74 Å². The summed E-state index contributed by atoms with van der Waals surface area (Å²) in [5, 5.41) is 3.04. The number of amides is 2. The fraction of sp³-hybridized carbons (Fsp3) is 0.600. The summed E-state index contributed by atoms with van der Waals surface area (Å²) in [7, 11) is 0. The van der Waals surface area contributed by atoms with Crippen LogP contribution < -0.4 is 10.1 Å². The van der Waals surface area contributed by atoms with Crippen molar-refractivity contribution in [2.75, 3.05) is 26.2 Å². The molecule has 3 atom stereocenters. The second kappa shape index (κ2) is 10.6. The number of benzene rings is 1. The first kappa shape index (κ1) is 22.4. The Labute approximate surface area is 180 Å². The molecule has 1 N–H and O–H groups in total. The number of nitrogens with one attached hydrogen (secondary N) is 1. The highest BCUT2D eigenvalue weighted by Crippen LogP contribution is 2.39. The van der Waals surface area contributed by atoms with Crippen molar-refractivity contribution in [2.45, 2.75) is 46.5 Å².